The van der Waals surface area contributed by atoms with Crippen LogP contribution in [0.15, 0.2) is 53.5 Å². The molecule has 0 fully saturated rings. The van der Waals surface area contributed by atoms with Gasteiger partial charge in [0, 0.05) is 35.9 Å². The molecule has 7 nitrogen and oxygen atoms in total. The highest BCUT2D eigenvalue weighted by Crippen LogP contribution is 2.20. The second-order valence-electron chi connectivity index (χ2n) is 5.33. The Kier molecular flexibility index (Phi) is 4.35. The average Bonchev–Trinajstić information content (AvgIpc) is 2.60. The van der Waals surface area contributed by atoms with Gasteiger partial charge in [0.25, 0.3) is 11.2 Å². The van der Waals surface area contributed by atoms with Gasteiger partial charge in [0.15, 0.2) is 0 Å². The maximum atomic E-state index is 12.8. The highest BCUT2D eigenvalue weighted by molar-refractivity contribution is 5.77. The van der Waals surface area contributed by atoms with Gasteiger partial charge in [0.05, 0.1) is 10.6 Å². The third-order valence-corrected chi connectivity index (χ3v) is 3.74. The van der Waals surface area contributed by atoms with Crippen molar-refractivity contribution in [2.75, 3.05) is 6.61 Å². The molecule has 2 aromatic heterocycles. The summed E-state index contributed by atoms with van der Waals surface area (Å²) in [5.41, 5.74) is 0.995. The number of hydrogen-bond acceptors (Lipinski definition) is 5. The number of pyridine rings is 2. The minimum Gasteiger partial charge on any atom is -0.396 e. The second kappa shape index (κ2) is 6.59. The molecule has 0 saturated heterocycles. The van der Waals surface area contributed by atoms with Crippen molar-refractivity contribution in [2.24, 2.45) is 0 Å². The quantitative estimate of drug-likeness (QED) is 0.573. The molecule has 1 N–H and O–H groups in total. The van der Waals surface area contributed by atoms with Crippen molar-refractivity contribution in [1.29, 1.82) is 0 Å². The van der Waals surface area contributed by atoms with E-state index in [1.807, 2.05) is 6.07 Å². The number of nitrogens with zero attached hydrogens (tertiary/aromatic N) is 3. The normalized spacial score (nSPS) is 10.9. The number of fused-ring (bicyclic) bond motifs is 1. The number of aryl methyl sites for hydroxylation is 1. The molecular formula is C17H15N3O4. The fourth-order valence-corrected chi connectivity index (χ4v) is 2.63. The smallest absolute Gasteiger partial charge is 0.271 e. The molecule has 0 amide bonds. The zero-order valence-electron chi connectivity index (χ0n) is 12.8. The monoisotopic (exact) mass is 325 g/mol. The molecule has 0 aliphatic rings. The Morgan fingerprint density at radius 1 is 1.21 bits per heavy atom. The van der Waals surface area contributed by atoms with Crippen LogP contribution in [-0.4, -0.2) is 26.2 Å². The predicted molar refractivity (Wildman–Crippen MR) is 89.4 cm³/mol. The molecule has 3 rings (SSSR count). The van der Waals surface area contributed by atoms with Gasteiger partial charge in [-0.05, 0) is 37.1 Å². The molecule has 2 heterocycles. The third kappa shape index (κ3) is 2.89. The summed E-state index contributed by atoms with van der Waals surface area (Å²) in [6.07, 6.45) is 2.47. The number of hydrogen-bond donors (Lipinski definition) is 1. The molecule has 0 spiro atoms. The summed E-state index contributed by atoms with van der Waals surface area (Å²) in [4.78, 5) is 27.6. The molecule has 3 aromatic rings. The molecule has 1 aromatic carbocycles. The number of non-ortho nitro benzene ring substituents is 1. The van der Waals surface area contributed by atoms with Gasteiger partial charge in [-0.1, -0.05) is 6.07 Å². The van der Waals surface area contributed by atoms with Gasteiger partial charge in [0.2, 0.25) is 0 Å². The molecule has 0 atom stereocenters. The molecule has 0 aliphatic carbocycles. The molecule has 122 valence electrons. The van der Waals surface area contributed by atoms with Gasteiger partial charge in [-0.3, -0.25) is 19.5 Å². The lowest BCUT2D eigenvalue weighted by Crippen LogP contribution is -2.23. The molecule has 0 bridgehead atoms. The van der Waals surface area contributed by atoms with Gasteiger partial charge in [-0.15, -0.1) is 0 Å². The lowest BCUT2D eigenvalue weighted by molar-refractivity contribution is -0.384. The number of nitro groups is 1. The maximum Gasteiger partial charge on any atom is 0.271 e. The number of aromatic nitrogens is 2. The molecule has 0 radical (unpaired) electrons. The minimum absolute atomic E-state index is 0.0126. The summed E-state index contributed by atoms with van der Waals surface area (Å²) in [6, 6.07) is 11.3. The van der Waals surface area contributed by atoms with Crippen molar-refractivity contribution in [1.82, 2.24) is 9.55 Å². The van der Waals surface area contributed by atoms with Crippen molar-refractivity contribution in [2.45, 2.75) is 12.8 Å². The van der Waals surface area contributed by atoms with Gasteiger partial charge < -0.3 is 5.11 Å². The van der Waals surface area contributed by atoms with Gasteiger partial charge in [-0.2, -0.15) is 0 Å². The highest BCUT2D eigenvalue weighted by atomic mass is 16.6. The fourth-order valence-electron chi connectivity index (χ4n) is 2.63. The molecule has 0 saturated carbocycles. The number of aliphatic hydroxyl groups excluding tert-OH is 1. The van der Waals surface area contributed by atoms with E-state index in [1.165, 1.54) is 22.8 Å². The first-order chi connectivity index (χ1) is 11.6. The first kappa shape index (κ1) is 15.8. The first-order valence-electron chi connectivity index (χ1n) is 7.47. The topological polar surface area (TPSA) is 98.3 Å². The standard InChI is InChI=1S/C17H15N3O4/c21-9-3-5-13-10-12-4-2-8-18-16(12)19(17(13)22)14-6-1-7-15(11-14)20(23)24/h1-2,4,6-8,10-11,21H,3,5,9H2. The summed E-state index contributed by atoms with van der Waals surface area (Å²) in [7, 11) is 0. The molecular weight excluding hydrogens is 310 g/mol. The van der Waals surface area contributed by atoms with Crippen molar-refractivity contribution in [3.05, 3.63) is 74.7 Å². The minimum atomic E-state index is -0.500. The molecule has 24 heavy (non-hydrogen) atoms. The van der Waals surface area contributed by atoms with Crippen LogP contribution in [-0.2, 0) is 6.42 Å². The van der Waals surface area contributed by atoms with E-state index in [4.69, 9.17) is 5.11 Å². The molecule has 0 aliphatic heterocycles. The van der Waals surface area contributed by atoms with Crippen molar-refractivity contribution in [3.8, 4) is 5.69 Å². The zero-order chi connectivity index (χ0) is 17.1. The summed E-state index contributed by atoms with van der Waals surface area (Å²) in [5, 5.41) is 20.8. The predicted octanol–water partition coefficient (Wildman–Crippen LogP) is 2.22. The van der Waals surface area contributed by atoms with E-state index in [-0.39, 0.29) is 17.9 Å². The number of aliphatic hydroxyl groups is 1. The van der Waals surface area contributed by atoms with Crippen LogP contribution in [0.4, 0.5) is 5.69 Å². The summed E-state index contributed by atoms with van der Waals surface area (Å²) >= 11 is 0. The van der Waals surface area contributed by atoms with E-state index < -0.39 is 4.92 Å². The van der Waals surface area contributed by atoms with Crippen LogP contribution in [0, 0.1) is 10.1 Å². The third-order valence-electron chi connectivity index (χ3n) is 3.74. The van der Waals surface area contributed by atoms with Crippen LogP contribution in [0.1, 0.15) is 12.0 Å². The summed E-state index contributed by atoms with van der Waals surface area (Å²) in [5.74, 6) is 0. The van der Waals surface area contributed by atoms with E-state index in [9.17, 15) is 14.9 Å². The number of rotatable bonds is 5. The fraction of sp³-hybridized carbons (Fsp3) is 0.176. The van der Waals surface area contributed by atoms with E-state index in [1.54, 1.807) is 24.4 Å². The Hall–Kier alpha value is -3.06. The van der Waals surface area contributed by atoms with Crippen molar-refractivity contribution >= 4 is 16.7 Å². The van der Waals surface area contributed by atoms with E-state index in [0.717, 1.165) is 5.39 Å². The van der Waals surface area contributed by atoms with Gasteiger partial charge in [-0.25, -0.2) is 4.98 Å². The summed E-state index contributed by atoms with van der Waals surface area (Å²) in [6.45, 7) is -0.0126. The summed E-state index contributed by atoms with van der Waals surface area (Å²) < 4.78 is 1.38. The van der Waals surface area contributed by atoms with E-state index in [2.05, 4.69) is 4.98 Å². The zero-order valence-corrected chi connectivity index (χ0v) is 12.8. The highest BCUT2D eigenvalue weighted by Gasteiger charge is 2.14. The van der Waals surface area contributed by atoms with Crippen molar-refractivity contribution in [3.63, 3.8) is 0 Å². The average molecular weight is 325 g/mol. The largest absolute Gasteiger partial charge is 0.396 e. The van der Waals surface area contributed by atoms with Crippen LogP contribution >= 0.6 is 0 Å². The van der Waals surface area contributed by atoms with E-state index in [0.29, 0.717) is 29.7 Å². The lowest BCUT2D eigenvalue weighted by Gasteiger charge is -2.12. The first-order valence-corrected chi connectivity index (χ1v) is 7.47. The van der Waals surface area contributed by atoms with E-state index >= 15 is 0 Å². The van der Waals surface area contributed by atoms with Crippen LogP contribution in [0.25, 0.3) is 16.7 Å². The van der Waals surface area contributed by atoms with Crippen LogP contribution < -0.4 is 5.56 Å². The Bertz CT molecular complexity index is 965. The maximum absolute atomic E-state index is 12.8. The Labute approximate surface area is 137 Å². The number of nitro benzene ring substituents is 1. The van der Waals surface area contributed by atoms with Crippen LogP contribution in [0.5, 0.6) is 0 Å². The Morgan fingerprint density at radius 2 is 2.04 bits per heavy atom. The second-order valence-corrected chi connectivity index (χ2v) is 5.33. The number of benzene rings is 1. The Balaban J connectivity index is 2.29. The molecule has 7 heteroatoms. The van der Waals surface area contributed by atoms with Gasteiger partial charge >= 0.3 is 0 Å². The van der Waals surface area contributed by atoms with Gasteiger partial charge in [0.1, 0.15) is 5.65 Å². The van der Waals surface area contributed by atoms with Crippen LogP contribution in [0.2, 0.25) is 0 Å². The lowest BCUT2D eigenvalue weighted by atomic mass is 10.1. The van der Waals surface area contributed by atoms with Crippen molar-refractivity contribution < 1.29 is 10.0 Å². The Morgan fingerprint density at radius 3 is 2.79 bits per heavy atom. The van der Waals surface area contributed by atoms with Crippen LogP contribution in [0.3, 0.4) is 0 Å². The SMILES string of the molecule is O=c1c(CCCO)cc2cccnc2n1-c1cccc([N+](=O)[O-])c1. The molecule has 0 unspecified atom stereocenters.